The van der Waals surface area contributed by atoms with Crippen molar-refractivity contribution in [2.75, 3.05) is 5.75 Å². The van der Waals surface area contributed by atoms with E-state index < -0.39 is 11.6 Å². The van der Waals surface area contributed by atoms with Gasteiger partial charge in [0.15, 0.2) is 11.6 Å². The topological polar surface area (TPSA) is 29.1 Å². The van der Waals surface area contributed by atoms with Crippen molar-refractivity contribution in [3.63, 3.8) is 0 Å². The van der Waals surface area contributed by atoms with Crippen molar-refractivity contribution in [1.29, 1.82) is 0 Å². The number of hydrogen-bond donors (Lipinski definition) is 1. The highest BCUT2D eigenvalue weighted by atomic mass is 35.5. The Labute approximate surface area is 142 Å². The zero-order valence-electron chi connectivity index (χ0n) is 12.1. The Morgan fingerprint density at radius 3 is 2.43 bits per heavy atom. The molecular formula is C17H14ClF2NOS. The molecule has 3 rings (SSSR count). The second-order valence-electron chi connectivity index (χ2n) is 5.50. The quantitative estimate of drug-likeness (QED) is 0.801. The molecule has 0 heterocycles. The molecule has 0 atom stereocenters. The fraction of sp³-hybridized carbons (Fsp3) is 0.235. The minimum atomic E-state index is -0.907. The van der Waals surface area contributed by atoms with Gasteiger partial charge in [0.2, 0.25) is 5.91 Å². The van der Waals surface area contributed by atoms with Gasteiger partial charge in [-0.1, -0.05) is 23.7 Å². The molecule has 120 valence electrons. The molecule has 1 aliphatic rings. The largest absolute Gasteiger partial charge is 0.346 e. The van der Waals surface area contributed by atoms with Gasteiger partial charge in [-0.05, 0) is 48.7 Å². The van der Waals surface area contributed by atoms with Gasteiger partial charge >= 0.3 is 0 Å². The molecule has 2 aromatic rings. The number of nitrogens with one attached hydrogen (secondary N) is 1. The van der Waals surface area contributed by atoms with Crippen LogP contribution in [0.1, 0.15) is 18.4 Å². The molecule has 0 aliphatic heterocycles. The van der Waals surface area contributed by atoms with Crippen molar-refractivity contribution in [2.45, 2.75) is 23.3 Å². The van der Waals surface area contributed by atoms with E-state index in [-0.39, 0.29) is 17.2 Å². The summed E-state index contributed by atoms with van der Waals surface area (Å²) in [5.41, 5.74) is 0.726. The molecule has 2 nitrogen and oxygen atoms in total. The van der Waals surface area contributed by atoms with Crippen LogP contribution in [-0.2, 0) is 10.3 Å². The number of thioether (sulfide) groups is 1. The second kappa shape index (κ2) is 6.49. The first-order chi connectivity index (χ1) is 11.0. The van der Waals surface area contributed by atoms with Crippen molar-refractivity contribution < 1.29 is 13.6 Å². The molecule has 1 fully saturated rings. The van der Waals surface area contributed by atoms with Crippen molar-refractivity contribution in [1.82, 2.24) is 5.32 Å². The molecule has 1 saturated carbocycles. The first-order valence-electron chi connectivity index (χ1n) is 7.13. The Kier molecular flexibility index (Phi) is 4.60. The van der Waals surface area contributed by atoms with Crippen molar-refractivity contribution in [3.05, 3.63) is 64.7 Å². The number of amides is 1. The maximum Gasteiger partial charge on any atom is 0.231 e. The summed E-state index contributed by atoms with van der Waals surface area (Å²) in [7, 11) is 0. The fourth-order valence-electron chi connectivity index (χ4n) is 2.40. The minimum absolute atomic E-state index is 0.132. The van der Waals surface area contributed by atoms with Crippen molar-refractivity contribution in [2.24, 2.45) is 0 Å². The zero-order valence-corrected chi connectivity index (χ0v) is 13.7. The van der Waals surface area contributed by atoms with Crippen LogP contribution in [0.15, 0.2) is 47.4 Å². The number of rotatable bonds is 5. The Balaban J connectivity index is 1.59. The SMILES string of the molecule is O=C(CSc1ccc(F)c(F)c1)NC1(c2ccc(Cl)cc2)CC1. The summed E-state index contributed by atoms with van der Waals surface area (Å²) in [6.07, 6.45) is 1.77. The van der Waals surface area contributed by atoms with E-state index in [0.717, 1.165) is 30.5 Å². The molecule has 0 radical (unpaired) electrons. The Hall–Kier alpha value is -1.59. The monoisotopic (exact) mass is 353 g/mol. The van der Waals surface area contributed by atoms with Gasteiger partial charge in [-0.2, -0.15) is 0 Å². The Morgan fingerprint density at radius 2 is 1.83 bits per heavy atom. The maximum atomic E-state index is 13.1. The van der Waals surface area contributed by atoms with Crippen LogP contribution in [0.4, 0.5) is 8.78 Å². The van der Waals surface area contributed by atoms with E-state index in [1.54, 1.807) is 12.1 Å². The van der Waals surface area contributed by atoms with Gasteiger partial charge in [0, 0.05) is 9.92 Å². The van der Waals surface area contributed by atoms with Crippen LogP contribution < -0.4 is 5.32 Å². The third-order valence-electron chi connectivity index (χ3n) is 3.79. The lowest BCUT2D eigenvalue weighted by Gasteiger charge is -2.18. The number of carbonyl (C=O) groups is 1. The molecule has 2 aromatic carbocycles. The van der Waals surface area contributed by atoms with Gasteiger partial charge in [-0.25, -0.2) is 8.78 Å². The lowest BCUT2D eigenvalue weighted by Crippen LogP contribution is -2.36. The summed E-state index contributed by atoms with van der Waals surface area (Å²) in [5.74, 6) is -1.78. The highest BCUT2D eigenvalue weighted by molar-refractivity contribution is 8.00. The number of carbonyl (C=O) groups excluding carboxylic acids is 1. The lowest BCUT2D eigenvalue weighted by molar-refractivity contribution is -0.119. The van der Waals surface area contributed by atoms with Crippen LogP contribution in [0.5, 0.6) is 0 Å². The average molecular weight is 354 g/mol. The van der Waals surface area contributed by atoms with E-state index >= 15 is 0 Å². The second-order valence-corrected chi connectivity index (χ2v) is 6.99. The van der Waals surface area contributed by atoms with Crippen LogP contribution >= 0.6 is 23.4 Å². The molecule has 23 heavy (non-hydrogen) atoms. The molecule has 6 heteroatoms. The van der Waals surface area contributed by atoms with Gasteiger partial charge in [0.1, 0.15) is 0 Å². The summed E-state index contributed by atoms with van der Waals surface area (Å²) in [4.78, 5) is 12.7. The predicted molar refractivity (Wildman–Crippen MR) is 87.6 cm³/mol. The molecule has 1 aliphatic carbocycles. The van der Waals surface area contributed by atoms with Gasteiger partial charge in [-0.15, -0.1) is 11.8 Å². The molecule has 0 unspecified atom stereocenters. The third-order valence-corrected chi connectivity index (χ3v) is 5.03. The molecular weight excluding hydrogens is 340 g/mol. The first kappa shape index (κ1) is 16.3. The standard InChI is InChI=1S/C17H14ClF2NOS/c18-12-3-1-11(2-4-12)17(7-8-17)21-16(22)10-23-13-5-6-14(19)15(20)9-13/h1-6,9H,7-8,10H2,(H,21,22). The van der Waals surface area contributed by atoms with E-state index in [9.17, 15) is 13.6 Å². The van der Waals surface area contributed by atoms with Crippen LogP contribution in [0.25, 0.3) is 0 Å². The van der Waals surface area contributed by atoms with E-state index in [1.165, 1.54) is 17.8 Å². The molecule has 0 saturated heterocycles. The number of halogens is 3. The van der Waals surface area contributed by atoms with Gasteiger partial charge < -0.3 is 5.32 Å². The molecule has 1 amide bonds. The summed E-state index contributed by atoms with van der Waals surface area (Å²) in [6, 6.07) is 11.1. The van der Waals surface area contributed by atoms with Gasteiger partial charge in [-0.3, -0.25) is 4.79 Å². The van der Waals surface area contributed by atoms with E-state index in [4.69, 9.17) is 11.6 Å². The predicted octanol–water partition coefficient (Wildman–Crippen LogP) is 4.52. The van der Waals surface area contributed by atoms with E-state index in [2.05, 4.69) is 5.32 Å². The van der Waals surface area contributed by atoms with E-state index in [1.807, 2.05) is 12.1 Å². The fourth-order valence-corrected chi connectivity index (χ4v) is 3.25. The molecule has 1 N–H and O–H groups in total. The summed E-state index contributed by atoms with van der Waals surface area (Å²) >= 11 is 7.06. The molecule has 0 spiro atoms. The van der Waals surface area contributed by atoms with Crippen LogP contribution in [0.2, 0.25) is 5.02 Å². The van der Waals surface area contributed by atoms with Crippen LogP contribution in [0.3, 0.4) is 0 Å². The Morgan fingerprint density at radius 1 is 1.13 bits per heavy atom. The average Bonchev–Trinajstić information content (AvgIpc) is 3.30. The Bertz CT molecular complexity index is 732. The number of hydrogen-bond acceptors (Lipinski definition) is 2. The van der Waals surface area contributed by atoms with Gasteiger partial charge in [0.25, 0.3) is 0 Å². The first-order valence-corrected chi connectivity index (χ1v) is 8.50. The smallest absolute Gasteiger partial charge is 0.231 e. The summed E-state index contributed by atoms with van der Waals surface area (Å²) < 4.78 is 26.0. The summed E-state index contributed by atoms with van der Waals surface area (Å²) in [6.45, 7) is 0. The summed E-state index contributed by atoms with van der Waals surface area (Å²) in [5, 5.41) is 3.69. The van der Waals surface area contributed by atoms with Gasteiger partial charge in [0.05, 0.1) is 11.3 Å². The molecule has 0 bridgehead atoms. The van der Waals surface area contributed by atoms with Crippen LogP contribution in [0, 0.1) is 11.6 Å². The van der Waals surface area contributed by atoms with Crippen molar-refractivity contribution in [3.8, 4) is 0 Å². The third kappa shape index (κ3) is 3.85. The van der Waals surface area contributed by atoms with E-state index in [0.29, 0.717) is 9.92 Å². The van der Waals surface area contributed by atoms with Crippen molar-refractivity contribution >= 4 is 29.3 Å². The highest BCUT2D eigenvalue weighted by Crippen LogP contribution is 2.45. The minimum Gasteiger partial charge on any atom is -0.346 e. The van der Waals surface area contributed by atoms with Crippen LogP contribution in [-0.4, -0.2) is 11.7 Å². The highest BCUT2D eigenvalue weighted by Gasteiger charge is 2.45. The lowest BCUT2D eigenvalue weighted by atomic mass is 10.1. The normalized spacial score (nSPS) is 15.3. The maximum absolute atomic E-state index is 13.1. The molecule has 0 aromatic heterocycles. The zero-order chi connectivity index (χ0) is 16.4. The number of benzene rings is 2.